The number of anilines is 1. The average molecular weight is 280 g/mol. The molecule has 1 heterocycles. The molecule has 1 fully saturated rings. The molecule has 2 N–H and O–H groups in total. The van der Waals surface area contributed by atoms with Gasteiger partial charge >= 0.3 is 0 Å². The molecule has 0 aliphatic carbocycles. The van der Waals surface area contributed by atoms with E-state index in [0.29, 0.717) is 0 Å². The SMILES string of the molecule is CCc1ccc(C2C(N)C(=O)N2c2cccc(C)c2)cc1. The van der Waals surface area contributed by atoms with Crippen LogP contribution in [-0.4, -0.2) is 11.9 Å². The van der Waals surface area contributed by atoms with Gasteiger partial charge in [-0.25, -0.2) is 0 Å². The van der Waals surface area contributed by atoms with Crippen LogP contribution in [0.3, 0.4) is 0 Å². The van der Waals surface area contributed by atoms with E-state index in [-0.39, 0.29) is 11.9 Å². The second-order valence-corrected chi connectivity index (χ2v) is 5.61. The maximum Gasteiger partial charge on any atom is 0.247 e. The molecule has 3 heteroatoms. The molecule has 1 aliphatic heterocycles. The van der Waals surface area contributed by atoms with E-state index in [2.05, 4.69) is 31.2 Å². The smallest absolute Gasteiger partial charge is 0.247 e. The van der Waals surface area contributed by atoms with Crippen LogP contribution in [0.4, 0.5) is 5.69 Å². The minimum atomic E-state index is -0.446. The number of rotatable bonds is 3. The van der Waals surface area contributed by atoms with E-state index in [1.165, 1.54) is 5.56 Å². The van der Waals surface area contributed by atoms with E-state index in [1.54, 1.807) is 4.90 Å². The van der Waals surface area contributed by atoms with Gasteiger partial charge in [-0.05, 0) is 42.2 Å². The summed E-state index contributed by atoms with van der Waals surface area (Å²) >= 11 is 0. The number of hydrogen-bond acceptors (Lipinski definition) is 2. The molecule has 3 nitrogen and oxygen atoms in total. The van der Waals surface area contributed by atoms with Crippen LogP contribution >= 0.6 is 0 Å². The number of hydrogen-bond donors (Lipinski definition) is 1. The Morgan fingerprint density at radius 3 is 2.48 bits per heavy atom. The highest BCUT2D eigenvalue weighted by atomic mass is 16.2. The van der Waals surface area contributed by atoms with Crippen LogP contribution in [0.2, 0.25) is 0 Å². The number of aryl methyl sites for hydroxylation is 2. The molecule has 1 aliphatic rings. The van der Waals surface area contributed by atoms with Crippen molar-refractivity contribution in [2.75, 3.05) is 4.90 Å². The Kier molecular flexibility index (Phi) is 3.52. The fourth-order valence-electron chi connectivity index (χ4n) is 2.88. The van der Waals surface area contributed by atoms with Crippen molar-refractivity contribution in [2.24, 2.45) is 5.73 Å². The Balaban J connectivity index is 1.94. The van der Waals surface area contributed by atoms with Gasteiger partial charge in [-0.2, -0.15) is 0 Å². The molecule has 0 saturated carbocycles. The standard InChI is InChI=1S/C18H20N2O/c1-3-13-7-9-14(10-8-13)17-16(19)18(21)20(17)15-6-4-5-12(2)11-15/h4-11,16-17H,3,19H2,1-2H3. The summed E-state index contributed by atoms with van der Waals surface area (Å²) in [4.78, 5) is 14.0. The number of carbonyl (C=O) groups excluding carboxylic acids is 1. The van der Waals surface area contributed by atoms with Gasteiger partial charge in [0, 0.05) is 5.69 Å². The normalized spacial score (nSPS) is 21.3. The van der Waals surface area contributed by atoms with Gasteiger partial charge in [-0.3, -0.25) is 4.79 Å². The van der Waals surface area contributed by atoms with Gasteiger partial charge in [0.15, 0.2) is 0 Å². The maximum atomic E-state index is 12.2. The second kappa shape index (κ2) is 5.34. The van der Waals surface area contributed by atoms with E-state index < -0.39 is 6.04 Å². The minimum Gasteiger partial charge on any atom is -0.318 e. The van der Waals surface area contributed by atoms with Crippen molar-refractivity contribution < 1.29 is 4.79 Å². The third-order valence-corrected chi connectivity index (χ3v) is 4.15. The van der Waals surface area contributed by atoms with Crippen LogP contribution in [0.15, 0.2) is 48.5 Å². The van der Waals surface area contributed by atoms with Crippen LogP contribution in [0, 0.1) is 6.92 Å². The van der Waals surface area contributed by atoms with Crippen molar-refractivity contribution in [3.63, 3.8) is 0 Å². The topological polar surface area (TPSA) is 46.3 Å². The molecular formula is C18H20N2O. The molecule has 0 spiro atoms. The Morgan fingerprint density at radius 1 is 1.14 bits per heavy atom. The van der Waals surface area contributed by atoms with E-state index >= 15 is 0 Å². The molecule has 0 aromatic heterocycles. The number of nitrogens with two attached hydrogens (primary N) is 1. The number of carbonyl (C=O) groups is 1. The monoisotopic (exact) mass is 280 g/mol. The zero-order valence-corrected chi connectivity index (χ0v) is 12.4. The first-order valence-corrected chi connectivity index (χ1v) is 7.36. The van der Waals surface area contributed by atoms with Crippen molar-refractivity contribution in [1.29, 1.82) is 0 Å². The Hall–Kier alpha value is -2.13. The largest absolute Gasteiger partial charge is 0.318 e. The lowest BCUT2D eigenvalue weighted by molar-refractivity contribution is -0.126. The van der Waals surface area contributed by atoms with Crippen LogP contribution in [0.5, 0.6) is 0 Å². The van der Waals surface area contributed by atoms with Crippen molar-refractivity contribution in [2.45, 2.75) is 32.4 Å². The van der Waals surface area contributed by atoms with Gasteiger partial charge < -0.3 is 10.6 Å². The Labute approximate surface area is 125 Å². The first-order valence-electron chi connectivity index (χ1n) is 7.36. The third-order valence-electron chi connectivity index (χ3n) is 4.15. The molecule has 2 aromatic carbocycles. The second-order valence-electron chi connectivity index (χ2n) is 5.61. The molecule has 0 bridgehead atoms. The fourth-order valence-corrected chi connectivity index (χ4v) is 2.88. The first kappa shape index (κ1) is 13.8. The van der Waals surface area contributed by atoms with Crippen LogP contribution < -0.4 is 10.6 Å². The fraction of sp³-hybridized carbons (Fsp3) is 0.278. The predicted octanol–water partition coefficient (Wildman–Crippen LogP) is 2.97. The number of amides is 1. The lowest BCUT2D eigenvalue weighted by atomic mass is 9.87. The summed E-state index contributed by atoms with van der Waals surface area (Å²) in [6.45, 7) is 4.16. The molecule has 1 amide bonds. The van der Waals surface area contributed by atoms with Crippen molar-refractivity contribution in [1.82, 2.24) is 0 Å². The molecule has 0 radical (unpaired) electrons. The molecule has 2 unspecified atom stereocenters. The Morgan fingerprint density at radius 2 is 1.86 bits per heavy atom. The summed E-state index contributed by atoms with van der Waals surface area (Å²) in [5.74, 6) is -0.00910. The highest BCUT2D eigenvalue weighted by Gasteiger charge is 2.46. The zero-order chi connectivity index (χ0) is 15.0. The summed E-state index contributed by atoms with van der Waals surface area (Å²) in [6.07, 6.45) is 1.01. The minimum absolute atomic E-state index is 0.00910. The summed E-state index contributed by atoms with van der Waals surface area (Å²) in [5, 5.41) is 0. The van der Waals surface area contributed by atoms with Crippen LogP contribution in [0.1, 0.15) is 29.7 Å². The molecule has 2 aromatic rings. The molecule has 3 rings (SSSR count). The van der Waals surface area contributed by atoms with Crippen molar-refractivity contribution in [3.05, 3.63) is 65.2 Å². The van der Waals surface area contributed by atoms with E-state index in [4.69, 9.17) is 5.73 Å². The van der Waals surface area contributed by atoms with Gasteiger partial charge in [0.05, 0.1) is 6.04 Å². The number of β-lactam (4-membered cyclic amide) rings is 1. The molecule has 2 atom stereocenters. The molecular weight excluding hydrogens is 260 g/mol. The lowest BCUT2D eigenvalue weighted by Crippen LogP contribution is -2.63. The molecule has 21 heavy (non-hydrogen) atoms. The van der Waals surface area contributed by atoms with Crippen LogP contribution in [0.25, 0.3) is 0 Å². The third kappa shape index (κ3) is 2.34. The maximum absolute atomic E-state index is 12.2. The van der Waals surface area contributed by atoms with E-state index in [9.17, 15) is 4.79 Å². The van der Waals surface area contributed by atoms with Gasteiger partial charge in [0.2, 0.25) is 5.91 Å². The zero-order valence-electron chi connectivity index (χ0n) is 12.4. The highest BCUT2D eigenvalue weighted by molar-refractivity contribution is 6.05. The predicted molar refractivity (Wildman–Crippen MR) is 85.2 cm³/mol. The number of benzene rings is 2. The summed E-state index contributed by atoms with van der Waals surface area (Å²) in [6, 6.07) is 15.9. The average Bonchev–Trinajstić information content (AvgIpc) is 2.51. The van der Waals surface area contributed by atoms with Crippen LogP contribution in [-0.2, 0) is 11.2 Å². The quantitative estimate of drug-likeness (QED) is 0.879. The molecule has 108 valence electrons. The summed E-state index contributed by atoms with van der Waals surface area (Å²) < 4.78 is 0. The number of nitrogens with zero attached hydrogens (tertiary/aromatic N) is 1. The highest BCUT2D eigenvalue weighted by Crippen LogP contribution is 2.38. The van der Waals surface area contributed by atoms with Gasteiger partial charge in [0.1, 0.15) is 6.04 Å². The summed E-state index contributed by atoms with van der Waals surface area (Å²) in [5.41, 5.74) is 10.5. The van der Waals surface area contributed by atoms with Crippen molar-refractivity contribution >= 4 is 11.6 Å². The van der Waals surface area contributed by atoms with Crippen molar-refractivity contribution in [3.8, 4) is 0 Å². The van der Waals surface area contributed by atoms with E-state index in [1.807, 2.05) is 31.2 Å². The van der Waals surface area contributed by atoms with E-state index in [0.717, 1.165) is 23.2 Å². The lowest BCUT2D eigenvalue weighted by Gasteiger charge is -2.45. The molecule has 1 saturated heterocycles. The summed E-state index contributed by atoms with van der Waals surface area (Å²) in [7, 11) is 0. The van der Waals surface area contributed by atoms with Gasteiger partial charge in [-0.15, -0.1) is 0 Å². The van der Waals surface area contributed by atoms with Gasteiger partial charge in [-0.1, -0.05) is 43.3 Å². The first-order chi connectivity index (χ1) is 10.1. The Bertz CT molecular complexity index is 663. The van der Waals surface area contributed by atoms with Gasteiger partial charge in [0.25, 0.3) is 0 Å².